The molecular formula is C8H7N5O. The predicted molar refractivity (Wildman–Crippen MR) is 48.8 cm³/mol. The second-order valence-corrected chi connectivity index (χ2v) is 2.48. The zero-order valence-corrected chi connectivity index (χ0v) is 7.16. The Bertz CT molecular complexity index is 425. The number of aromatic nitrogens is 4. The van der Waals surface area contributed by atoms with Crippen LogP contribution < -0.4 is 5.32 Å². The van der Waals surface area contributed by atoms with Crippen LogP contribution in [-0.2, 0) is 4.79 Å². The maximum absolute atomic E-state index is 10.3. The van der Waals surface area contributed by atoms with E-state index < -0.39 is 0 Å². The number of anilines is 1. The highest BCUT2D eigenvalue weighted by Crippen LogP contribution is 2.14. The summed E-state index contributed by atoms with van der Waals surface area (Å²) in [5, 5.41) is 6.45. The van der Waals surface area contributed by atoms with Gasteiger partial charge in [-0.05, 0) is 12.1 Å². The van der Waals surface area contributed by atoms with Crippen LogP contribution in [0, 0.1) is 0 Å². The van der Waals surface area contributed by atoms with Gasteiger partial charge in [-0.1, -0.05) is 0 Å². The zero-order valence-electron chi connectivity index (χ0n) is 7.16. The molecule has 0 bridgehead atoms. The Morgan fingerprint density at radius 3 is 3.14 bits per heavy atom. The highest BCUT2D eigenvalue weighted by atomic mass is 16.1. The SMILES string of the molecule is O=CNc1cccnc1-n1cncn1. The Kier molecular flexibility index (Phi) is 2.18. The number of amides is 1. The minimum Gasteiger partial charge on any atom is -0.326 e. The Hall–Kier alpha value is -2.24. The summed E-state index contributed by atoms with van der Waals surface area (Å²) >= 11 is 0. The van der Waals surface area contributed by atoms with Gasteiger partial charge < -0.3 is 5.32 Å². The molecule has 0 saturated carbocycles. The molecule has 0 atom stereocenters. The Balaban J connectivity index is 2.46. The second kappa shape index (κ2) is 3.65. The summed E-state index contributed by atoms with van der Waals surface area (Å²) in [6, 6.07) is 3.46. The van der Waals surface area contributed by atoms with Gasteiger partial charge in [-0.15, -0.1) is 0 Å². The van der Waals surface area contributed by atoms with E-state index in [1.54, 1.807) is 18.3 Å². The molecule has 2 aromatic rings. The Morgan fingerprint density at radius 2 is 2.43 bits per heavy atom. The van der Waals surface area contributed by atoms with E-state index in [0.717, 1.165) is 0 Å². The van der Waals surface area contributed by atoms with Crippen molar-refractivity contribution in [1.29, 1.82) is 0 Å². The standard InChI is InChI=1S/C8H7N5O/c14-6-11-7-2-1-3-10-8(7)13-5-9-4-12-13/h1-6H,(H,11,14). The van der Waals surface area contributed by atoms with Gasteiger partial charge in [-0.3, -0.25) is 4.79 Å². The van der Waals surface area contributed by atoms with Crippen molar-refractivity contribution in [2.75, 3.05) is 5.32 Å². The zero-order chi connectivity index (χ0) is 9.80. The molecule has 0 fully saturated rings. The van der Waals surface area contributed by atoms with Crippen molar-refractivity contribution in [2.45, 2.75) is 0 Å². The fourth-order valence-corrected chi connectivity index (χ4v) is 1.07. The van der Waals surface area contributed by atoms with Gasteiger partial charge in [0.05, 0.1) is 5.69 Å². The smallest absolute Gasteiger partial charge is 0.211 e. The van der Waals surface area contributed by atoms with Gasteiger partial charge in [-0.2, -0.15) is 5.10 Å². The van der Waals surface area contributed by atoms with E-state index in [9.17, 15) is 4.79 Å². The van der Waals surface area contributed by atoms with E-state index in [-0.39, 0.29) is 0 Å². The van der Waals surface area contributed by atoms with Gasteiger partial charge in [0.2, 0.25) is 6.41 Å². The molecule has 6 nitrogen and oxygen atoms in total. The average molecular weight is 189 g/mol. The maximum Gasteiger partial charge on any atom is 0.211 e. The summed E-state index contributed by atoms with van der Waals surface area (Å²) in [6.07, 6.45) is 5.13. The number of rotatable bonds is 3. The number of hydrogen-bond acceptors (Lipinski definition) is 4. The Morgan fingerprint density at radius 1 is 1.50 bits per heavy atom. The quantitative estimate of drug-likeness (QED) is 0.701. The molecule has 0 aromatic carbocycles. The highest BCUT2D eigenvalue weighted by Gasteiger charge is 2.04. The third-order valence-corrected chi connectivity index (χ3v) is 1.64. The van der Waals surface area contributed by atoms with Crippen LogP contribution in [0.4, 0.5) is 5.69 Å². The minimum atomic E-state index is 0.539. The van der Waals surface area contributed by atoms with Crippen LogP contribution in [0.1, 0.15) is 0 Å². The summed E-state index contributed by atoms with van der Waals surface area (Å²) in [4.78, 5) is 18.2. The topological polar surface area (TPSA) is 72.7 Å². The summed E-state index contributed by atoms with van der Waals surface area (Å²) < 4.78 is 1.48. The molecule has 0 spiro atoms. The highest BCUT2D eigenvalue weighted by molar-refractivity contribution is 5.75. The van der Waals surface area contributed by atoms with Crippen LogP contribution in [0.5, 0.6) is 0 Å². The third kappa shape index (κ3) is 1.45. The molecule has 70 valence electrons. The number of hydrogen-bond donors (Lipinski definition) is 1. The van der Waals surface area contributed by atoms with Crippen LogP contribution >= 0.6 is 0 Å². The first-order valence-corrected chi connectivity index (χ1v) is 3.92. The Labute approximate surface area is 79.6 Å². The van der Waals surface area contributed by atoms with E-state index in [2.05, 4.69) is 20.4 Å². The fraction of sp³-hybridized carbons (Fsp3) is 0. The molecule has 2 rings (SSSR count). The molecule has 0 unspecified atom stereocenters. The van der Waals surface area contributed by atoms with Gasteiger partial charge in [-0.25, -0.2) is 14.6 Å². The molecule has 1 N–H and O–H groups in total. The van der Waals surface area contributed by atoms with Crippen LogP contribution in [-0.4, -0.2) is 26.2 Å². The van der Waals surface area contributed by atoms with Gasteiger partial charge in [0.1, 0.15) is 12.7 Å². The van der Waals surface area contributed by atoms with Crippen molar-refractivity contribution < 1.29 is 4.79 Å². The van der Waals surface area contributed by atoms with Crippen molar-refractivity contribution in [1.82, 2.24) is 19.7 Å². The van der Waals surface area contributed by atoms with E-state index in [1.165, 1.54) is 17.3 Å². The molecule has 0 aliphatic rings. The van der Waals surface area contributed by atoms with Gasteiger partial charge in [0.25, 0.3) is 0 Å². The molecule has 6 heteroatoms. The summed E-state index contributed by atoms with van der Waals surface area (Å²) in [5.41, 5.74) is 0.591. The molecule has 2 aromatic heterocycles. The first-order chi connectivity index (χ1) is 6.92. The molecule has 0 radical (unpaired) electrons. The molecule has 0 aliphatic heterocycles. The molecule has 2 heterocycles. The van der Waals surface area contributed by atoms with E-state index in [4.69, 9.17) is 0 Å². The van der Waals surface area contributed by atoms with Crippen LogP contribution in [0.3, 0.4) is 0 Å². The first-order valence-electron chi connectivity index (χ1n) is 3.92. The number of carbonyl (C=O) groups is 1. The minimum absolute atomic E-state index is 0.539. The van der Waals surface area contributed by atoms with E-state index in [1.807, 2.05) is 0 Å². The van der Waals surface area contributed by atoms with Crippen LogP contribution in [0.2, 0.25) is 0 Å². The summed E-state index contributed by atoms with van der Waals surface area (Å²) in [5.74, 6) is 0.539. The summed E-state index contributed by atoms with van der Waals surface area (Å²) in [7, 11) is 0. The van der Waals surface area contributed by atoms with E-state index in [0.29, 0.717) is 17.9 Å². The molecule has 1 amide bonds. The number of carbonyl (C=O) groups excluding carboxylic acids is 1. The van der Waals surface area contributed by atoms with Crippen LogP contribution in [0.15, 0.2) is 31.0 Å². The lowest BCUT2D eigenvalue weighted by Crippen LogP contribution is -2.04. The normalized spacial score (nSPS) is 9.71. The monoisotopic (exact) mass is 189 g/mol. The summed E-state index contributed by atoms with van der Waals surface area (Å²) in [6.45, 7) is 0. The van der Waals surface area contributed by atoms with E-state index >= 15 is 0 Å². The third-order valence-electron chi connectivity index (χ3n) is 1.64. The van der Waals surface area contributed by atoms with Gasteiger partial charge >= 0.3 is 0 Å². The van der Waals surface area contributed by atoms with Gasteiger partial charge in [0, 0.05) is 6.20 Å². The number of pyridine rings is 1. The van der Waals surface area contributed by atoms with Crippen molar-refractivity contribution in [3.05, 3.63) is 31.0 Å². The average Bonchev–Trinajstić information content (AvgIpc) is 2.72. The van der Waals surface area contributed by atoms with Crippen molar-refractivity contribution >= 4 is 12.1 Å². The molecule has 0 saturated heterocycles. The second-order valence-electron chi connectivity index (χ2n) is 2.48. The predicted octanol–water partition coefficient (Wildman–Crippen LogP) is 0.231. The van der Waals surface area contributed by atoms with Gasteiger partial charge in [0.15, 0.2) is 5.82 Å². The van der Waals surface area contributed by atoms with Crippen molar-refractivity contribution in [3.63, 3.8) is 0 Å². The van der Waals surface area contributed by atoms with Crippen molar-refractivity contribution in [2.24, 2.45) is 0 Å². The number of nitrogens with zero attached hydrogens (tertiary/aromatic N) is 4. The lowest BCUT2D eigenvalue weighted by molar-refractivity contribution is -0.105. The fourth-order valence-electron chi connectivity index (χ4n) is 1.07. The molecular weight excluding hydrogens is 182 g/mol. The number of nitrogens with one attached hydrogen (secondary N) is 1. The maximum atomic E-state index is 10.3. The molecule has 14 heavy (non-hydrogen) atoms. The largest absolute Gasteiger partial charge is 0.326 e. The molecule has 0 aliphatic carbocycles. The first kappa shape index (κ1) is 8.36. The van der Waals surface area contributed by atoms with Crippen molar-refractivity contribution in [3.8, 4) is 5.82 Å². The lowest BCUT2D eigenvalue weighted by atomic mass is 10.4. The van der Waals surface area contributed by atoms with Crippen LogP contribution in [0.25, 0.3) is 5.82 Å². The lowest BCUT2D eigenvalue weighted by Gasteiger charge is -2.04.